The Labute approximate surface area is 335 Å². The number of nitrogens with one attached hydrogen (secondary N) is 1. The summed E-state index contributed by atoms with van der Waals surface area (Å²) in [5.41, 5.74) is 0.708. The van der Waals surface area contributed by atoms with Gasteiger partial charge in [0.15, 0.2) is 11.5 Å². The average Bonchev–Trinajstić information content (AvgIpc) is 3.17. The van der Waals surface area contributed by atoms with E-state index in [2.05, 4.69) is 32.0 Å². The lowest BCUT2D eigenvalue weighted by atomic mass is 10.1. The predicted octanol–water partition coefficient (Wildman–Crippen LogP) is 15.7. The molecule has 0 atom stereocenters. The van der Waals surface area contributed by atoms with Crippen molar-refractivity contribution in [3.05, 3.63) is 12.1 Å². The summed E-state index contributed by atoms with van der Waals surface area (Å²) in [4.78, 5) is 12.9. The van der Waals surface area contributed by atoms with Gasteiger partial charge in [-0.25, -0.2) is 0 Å². The van der Waals surface area contributed by atoms with Gasteiger partial charge in [-0.3, -0.25) is 4.79 Å². The number of benzene rings is 1. The maximum atomic E-state index is 12.9. The molecule has 5 heteroatoms. The van der Waals surface area contributed by atoms with Gasteiger partial charge in [0.2, 0.25) is 11.7 Å². The molecule has 0 aliphatic carbocycles. The molecule has 5 nitrogen and oxygen atoms in total. The molecule has 0 aliphatic heterocycles. The Hall–Kier alpha value is -2.35. The molecule has 1 aromatic carbocycles. The van der Waals surface area contributed by atoms with Gasteiger partial charge in [0.25, 0.3) is 0 Å². The van der Waals surface area contributed by atoms with Crippen molar-refractivity contribution in [1.29, 1.82) is 0 Å². The van der Waals surface area contributed by atoms with Crippen LogP contribution < -0.4 is 19.5 Å². The van der Waals surface area contributed by atoms with E-state index in [0.29, 0.717) is 55.6 Å². The summed E-state index contributed by atoms with van der Waals surface area (Å²) in [6.07, 6.45) is 46.8. The number of terminal acetylenes is 1. The number of unbranched alkanes of at least 4 members (excludes halogenated alkanes) is 29. The van der Waals surface area contributed by atoms with Crippen molar-refractivity contribution in [1.82, 2.24) is 0 Å². The molecular formula is C49H87NO4. The minimum absolute atomic E-state index is 0.00709. The molecule has 1 aromatic rings. The number of rotatable bonds is 41. The summed E-state index contributed by atoms with van der Waals surface area (Å²) in [6, 6.07) is 3.88. The Balaban J connectivity index is 2.84. The van der Waals surface area contributed by atoms with Crippen LogP contribution >= 0.6 is 0 Å². The number of amides is 1. The third kappa shape index (κ3) is 29.9. The molecular weight excluding hydrogens is 667 g/mol. The van der Waals surface area contributed by atoms with Gasteiger partial charge in [0.05, 0.1) is 19.8 Å². The fourth-order valence-electron chi connectivity index (χ4n) is 7.05. The quantitative estimate of drug-likeness (QED) is 0.0534. The van der Waals surface area contributed by atoms with Gasteiger partial charge < -0.3 is 19.5 Å². The van der Waals surface area contributed by atoms with Crippen molar-refractivity contribution < 1.29 is 19.0 Å². The summed E-state index contributed by atoms with van der Waals surface area (Å²) < 4.78 is 19.4. The van der Waals surface area contributed by atoms with E-state index in [9.17, 15) is 4.79 Å². The SMILES string of the molecule is C#CCCCCC(=O)Nc1cc(OCCCCCCCCCCCC)c(OCCCCCCCCCCCC)c(OCCCCCCCCCCCC)c1. The van der Waals surface area contributed by atoms with E-state index in [1.165, 1.54) is 173 Å². The Kier molecular flexibility index (Phi) is 35.8. The smallest absolute Gasteiger partial charge is 0.224 e. The van der Waals surface area contributed by atoms with Crippen LogP contribution in [0.4, 0.5) is 5.69 Å². The topological polar surface area (TPSA) is 56.8 Å². The molecule has 1 rings (SSSR count). The third-order valence-corrected chi connectivity index (χ3v) is 10.5. The Morgan fingerprint density at radius 3 is 1.17 bits per heavy atom. The predicted molar refractivity (Wildman–Crippen MR) is 234 cm³/mol. The van der Waals surface area contributed by atoms with Crippen LogP contribution in [0.1, 0.15) is 239 Å². The van der Waals surface area contributed by atoms with Gasteiger partial charge in [-0.15, -0.1) is 12.3 Å². The molecule has 312 valence electrons. The first kappa shape index (κ1) is 49.7. The van der Waals surface area contributed by atoms with Crippen molar-refractivity contribution >= 4 is 11.6 Å². The van der Waals surface area contributed by atoms with E-state index in [-0.39, 0.29) is 5.91 Å². The highest BCUT2D eigenvalue weighted by atomic mass is 16.5. The van der Waals surface area contributed by atoms with Crippen LogP contribution in [0.2, 0.25) is 0 Å². The molecule has 0 fully saturated rings. The lowest BCUT2D eigenvalue weighted by molar-refractivity contribution is -0.116. The van der Waals surface area contributed by atoms with E-state index in [1.807, 2.05) is 12.1 Å². The van der Waals surface area contributed by atoms with Crippen LogP contribution in [0.25, 0.3) is 0 Å². The van der Waals surface area contributed by atoms with Gasteiger partial charge in [-0.2, -0.15) is 0 Å². The molecule has 0 heterocycles. The van der Waals surface area contributed by atoms with Gasteiger partial charge in [0, 0.05) is 30.7 Å². The zero-order valence-electron chi connectivity index (χ0n) is 36.0. The lowest BCUT2D eigenvalue weighted by Crippen LogP contribution is -2.12. The summed E-state index contributed by atoms with van der Waals surface area (Å²) in [5, 5.41) is 3.12. The second-order valence-corrected chi connectivity index (χ2v) is 15.9. The van der Waals surface area contributed by atoms with Gasteiger partial charge in [0.1, 0.15) is 0 Å². The molecule has 54 heavy (non-hydrogen) atoms. The highest BCUT2D eigenvalue weighted by molar-refractivity contribution is 5.91. The number of hydrogen-bond acceptors (Lipinski definition) is 4. The third-order valence-electron chi connectivity index (χ3n) is 10.5. The molecule has 0 aromatic heterocycles. The summed E-state index contributed by atoms with van der Waals surface area (Å²) >= 11 is 0. The number of carbonyl (C=O) groups excluding carboxylic acids is 1. The molecule has 0 saturated carbocycles. The summed E-state index contributed by atoms with van der Waals surface area (Å²) in [5.74, 6) is 4.72. The zero-order chi connectivity index (χ0) is 39.0. The van der Waals surface area contributed by atoms with E-state index in [0.717, 1.165) is 32.1 Å². The maximum Gasteiger partial charge on any atom is 0.224 e. The van der Waals surface area contributed by atoms with Crippen LogP contribution in [-0.4, -0.2) is 25.7 Å². The fraction of sp³-hybridized carbons (Fsp3) is 0.816. The molecule has 1 N–H and O–H groups in total. The molecule has 0 unspecified atom stereocenters. The Morgan fingerprint density at radius 1 is 0.481 bits per heavy atom. The van der Waals surface area contributed by atoms with Gasteiger partial charge in [-0.1, -0.05) is 194 Å². The Morgan fingerprint density at radius 2 is 0.815 bits per heavy atom. The molecule has 0 spiro atoms. The Bertz CT molecular complexity index is 970. The maximum absolute atomic E-state index is 12.9. The van der Waals surface area contributed by atoms with Gasteiger partial charge >= 0.3 is 0 Å². The standard InChI is InChI=1S/C49H87NO4/c1-5-9-13-17-20-23-26-29-32-36-40-52-46-43-45(50-48(51)39-35-16-12-8-4)44-47(53-41-37-33-30-27-24-21-18-14-10-6-2)49(46)54-42-38-34-31-28-25-22-19-15-11-7-3/h4,43-44H,5-7,9-42H2,1-3H3,(H,50,51). The molecule has 0 saturated heterocycles. The second-order valence-electron chi connectivity index (χ2n) is 15.9. The van der Waals surface area contributed by atoms with Crippen molar-refractivity contribution in [2.75, 3.05) is 25.1 Å². The zero-order valence-corrected chi connectivity index (χ0v) is 36.0. The van der Waals surface area contributed by atoms with E-state index >= 15 is 0 Å². The minimum Gasteiger partial charge on any atom is -0.489 e. The fourth-order valence-corrected chi connectivity index (χ4v) is 7.05. The molecule has 0 radical (unpaired) electrons. The van der Waals surface area contributed by atoms with Crippen molar-refractivity contribution in [3.63, 3.8) is 0 Å². The van der Waals surface area contributed by atoms with Crippen molar-refractivity contribution in [2.24, 2.45) is 0 Å². The number of anilines is 1. The van der Waals surface area contributed by atoms with Crippen LogP contribution in [0, 0.1) is 12.3 Å². The van der Waals surface area contributed by atoms with E-state index in [1.54, 1.807) is 0 Å². The summed E-state index contributed by atoms with van der Waals surface area (Å²) in [6.45, 7) is 8.74. The first-order chi connectivity index (χ1) is 26.7. The van der Waals surface area contributed by atoms with Crippen LogP contribution in [-0.2, 0) is 4.79 Å². The number of ether oxygens (including phenoxy) is 3. The van der Waals surface area contributed by atoms with Gasteiger partial charge in [-0.05, 0) is 32.1 Å². The van der Waals surface area contributed by atoms with Crippen LogP contribution in [0.5, 0.6) is 17.2 Å². The minimum atomic E-state index is -0.00709. The first-order valence-corrected chi connectivity index (χ1v) is 23.5. The van der Waals surface area contributed by atoms with Crippen LogP contribution in [0.3, 0.4) is 0 Å². The number of hydrogen-bond donors (Lipinski definition) is 1. The summed E-state index contributed by atoms with van der Waals surface area (Å²) in [7, 11) is 0. The van der Waals surface area contributed by atoms with E-state index in [4.69, 9.17) is 20.6 Å². The van der Waals surface area contributed by atoms with Crippen LogP contribution in [0.15, 0.2) is 12.1 Å². The van der Waals surface area contributed by atoms with Crippen molar-refractivity contribution in [3.8, 4) is 29.6 Å². The van der Waals surface area contributed by atoms with E-state index < -0.39 is 0 Å². The largest absolute Gasteiger partial charge is 0.489 e. The first-order valence-electron chi connectivity index (χ1n) is 23.5. The molecule has 1 amide bonds. The highest BCUT2D eigenvalue weighted by Gasteiger charge is 2.17. The number of carbonyl (C=O) groups is 1. The molecule has 0 aliphatic rings. The normalized spacial score (nSPS) is 11.1. The average molecular weight is 754 g/mol. The lowest BCUT2D eigenvalue weighted by Gasteiger charge is -2.19. The van der Waals surface area contributed by atoms with Crippen molar-refractivity contribution in [2.45, 2.75) is 239 Å². The molecule has 0 bridgehead atoms. The highest BCUT2D eigenvalue weighted by Crippen LogP contribution is 2.41. The second kappa shape index (κ2) is 38.9. The monoisotopic (exact) mass is 754 g/mol.